The second-order valence-corrected chi connectivity index (χ2v) is 10.9. The molecule has 0 atom stereocenters. The van der Waals surface area contributed by atoms with E-state index in [0.29, 0.717) is 12.1 Å². The van der Waals surface area contributed by atoms with E-state index in [1.54, 1.807) is 11.3 Å². The number of nitrogens with zero attached hydrogens (tertiary/aromatic N) is 3. The van der Waals surface area contributed by atoms with Crippen molar-refractivity contribution in [2.24, 2.45) is 0 Å². The van der Waals surface area contributed by atoms with Gasteiger partial charge in [-0.15, -0.1) is 11.3 Å². The van der Waals surface area contributed by atoms with Gasteiger partial charge >= 0.3 is 0 Å². The molecule has 7 heteroatoms. The molecule has 1 aliphatic heterocycles. The molecule has 0 radical (unpaired) electrons. The average Bonchev–Trinajstić information content (AvgIpc) is 3.36. The number of carbonyl (C=O) groups is 1. The van der Waals surface area contributed by atoms with Crippen LogP contribution in [-0.2, 0) is 0 Å². The van der Waals surface area contributed by atoms with Crippen LogP contribution in [-0.4, -0.2) is 57.0 Å². The Balaban J connectivity index is 1.20. The number of amides is 1. The van der Waals surface area contributed by atoms with Crippen molar-refractivity contribution in [3.05, 3.63) is 16.6 Å². The Hall–Kier alpha value is -1.44. The lowest BCUT2D eigenvalue weighted by Crippen LogP contribution is -2.47. The molecule has 31 heavy (non-hydrogen) atoms. The van der Waals surface area contributed by atoms with Crippen LogP contribution in [0.3, 0.4) is 0 Å². The molecule has 1 saturated heterocycles. The molecule has 0 spiro atoms. The molecule has 3 aliphatic rings. The number of nitrogens with one attached hydrogen (secondary N) is 1. The third-order valence-corrected chi connectivity index (χ3v) is 8.88. The average molecular weight is 445 g/mol. The quantitative estimate of drug-likeness (QED) is 0.733. The summed E-state index contributed by atoms with van der Waals surface area (Å²) in [7, 11) is 0. The highest BCUT2D eigenvalue weighted by Crippen LogP contribution is 2.35. The van der Waals surface area contributed by atoms with Crippen molar-refractivity contribution in [2.45, 2.75) is 102 Å². The molecule has 2 aromatic heterocycles. The van der Waals surface area contributed by atoms with Crippen LogP contribution in [0.25, 0.3) is 10.2 Å². The summed E-state index contributed by atoms with van der Waals surface area (Å²) in [5.74, 6) is 0.0836. The summed E-state index contributed by atoms with van der Waals surface area (Å²) < 4.78 is 2.21. The third-order valence-electron chi connectivity index (χ3n) is 7.76. The lowest BCUT2D eigenvalue weighted by molar-refractivity contribution is 0.0470. The molecule has 2 saturated carbocycles. The summed E-state index contributed by atoms with van der Waals surface area (Å²) in [6, 6.07) is 3.45. The summed E-state index contributed by atoms with van der Waals surface area (Å²) in [6.07, 6.45) is 12.4. The first-order chi connectivity index (χ1) is 15.1. The van der Waals surface area contributed by atoms with Crippen LogP contribution < -0.4 is 5.32 Å². The van der Waals surface area contributed by atoms with E-state index in [1.165, 1.54) is 36.9 Å². The molecule has 6 nitrogen and oxygen atoms in total. The standard InChI is InChI=1S/C24H36N4O2S/c1-16-21-15-22(31-24(21)28(26-16)19-5-3-2-4-6-19)23(30)25-17-7-9-18(10-8-17)27-13-11-20(29)12-14-27/h15,17-20,29H,2-14H2,1H3,(H,25,30). The first kappa shape index (κ1) is 21.4. The van der Waals surface area contributed by atoms with Crippen molar-refractivity contribution in [2.75, 3.05) is 13.1 Å². The number of piperidine rings is 1. The molecule has 0 aromatic carbocycles. The van der Waals surface area contributed by atoms with Gasteiger partial charge in [-0.1, -0.05) is 19.3 Å². The van der Waals surface area contributed by atoms with Crippen LogP contribution in [0.5, 0.6) is 0 Å². The number of aromatic nitrogens is 2. The predicted octanol–water partition coefficient (Wildman–Crippen LogP) is 4.41. The van der Waals surface area contributed by atoms with Crippen molar-refractivity contribution in [3.8, 4) is 0 Å². The van der Waals surface area contributed by atoms with Gasteiger partial charge in [0.1, 0.15) is 4.83 Å². The van der Waals surface area contributed by atoms with Crippen molar-refractivity contribution in [3.63, 3.8) is 0 Å². The van der Waals surface area contributed by atoms with Gasteiger partial charge in [0.05, 0.1) is 22.7 Å². The zero-order valence-electron chi connectivity index (χ0n) is 18.7. The van der Waals surface area contributed by atoms with E-state index in [-0.39, 0.29) is 18.1 Å². The van der Waals surface area contributed by atoms with E-state index in [2.05, 4.69) is 27.9 Å². The number of carbonyl (C=O) groups excluding carboxylic acids is 1. The van der Waals surface area contributed by atoms with Gasteiger partial charge in [-0.2, -0.15) is 5.10 Å². The Morgan fingerprint density at radius 3 is 2.45 bits per heavy atom. The number of rotatable bonds is 4. The molecule has 3 fully saturated rings. The Kier molecular flexibility index (Phi) is 6.35. The summed E-state index contributed by atoms with van der Waals surface area (Å²) in [4.78, 5) is 17.6. The maximum atomic E-state index is 13.0. The van der Waals surface area contributed by atoms with E-state index in [9.17, 15) is 9.90 Å². The van der Waals surface area contributed by atoms with Crippen molar-refractivity contribution >= 4 is 27.5 Å². The van der Waals surface area contributed by atoms with Crippen LogP contribution >= 0.6 is 11.3 Å². The van der Waals surface area contributed by atoms with Gasteiger partial charge in [0.15, 0.2) is 0 Å². The third kappa shape index (κ3) is 4.55. The van der Waals surface area contributed by atoms with Crippen LogP contribution in [0, 0.1) is 6.92 Å². The minimum absolute atomic E-state index is 0.0836. The van der Waals surface area contributed by atoms with Crippen LogP contribution in [0.15, 0.2) is 6.07 Å². The Bertz CT molecular complexity index is 900. The Morgan fingerprint density at radius 2 is 1.74 bits per heavy atom. The highest BCUT2D eigenvalue weighted by Gasteiger charge is 2.30. The SMILES string of the molecule is Cc1nn(C2CCCCC2)c2sc(C(=O)NC3CCC(N4CCC(O)CC4)CC3)cc12. The van der Waals surface area contributed by atoms with Gasteiger partial charge < -0.3 is 15.3 Å². The predicted molar refractivity (Wildman–Crippen MR) is 125 cm³/mol. The monoisotopic (exact) mass is 444 g/mol. The summed E-state index contributed by atoms with van der Waals surface area (Å²) in [5, 5.41) is 19.0. The van der Waals surface area contributed by atoms with Gasteiger partial charge in [0.2, 0.25) is 0 Å². The fourth-order valence-electron chi connectivity index (χ4n) is 5.85. The van der Waals surface area contributed by atoms with E-state index in [0.717, 1.165) is 67.6 Å². The second-order valence-electron chi connectivity index (χ2n) is 9.90. The fraction of sp³-hybridized carbons (Fsp3) is 0.750. The van der Waals surface area contributed by atoms with E-state index >= 15 is 0 Å². The molecule has 0 unspecified atom stereocenters. The normalized spacial score (nSPS) is 27.0. The molecule has 1 amide bonds. The highest BCUT2D eigenvalue weighted by atomic mass is 32.1. The zero-order chi connectivity index (χ0) is 21.4. The van der Waals surface area contributed by atoms with Crippen LogP contribution in [0.4, 0.5) is 0 Å². The summed E-state index contributed by atoms with van der Waals surface area (Å²) >= 11 is 1.62. The van der Waals surface area contributed by atoms with Gasteiger partial charge in [-0.3, -0.25) is 9.48 Å². The fourth-order valence-corrected chi connectivity index (χ4v) is 6.99. The molecular weight excluding hydrogens is 408 g/mol. The van der Waals surface area contributed by atoms with Crippen LogP contribution in [0.1, 0.15) is 92.0 Å². The van der Waals surface area contributed by atoms with Crippen LogP contribution in [0.2, 0.25) is 0 Å². The number of likely N-dealkylation sites (tertiary alicyclic amines) is 1. The molecule has 170 valence electrons. The molecule has 3 heterocycles. The minimum Gasteiger partial charge on any atom is -0.393 e. The Morgan fingerprint density at radius 1 is 1.03 bits per heavy atom. The van der Waals surface area contributed by atoms with Crippen molar-refractivity contribution < 1.29 is 9.90 Å². The molecular formula is C24H36N4O2S. The van der Waals surface area contributed by atoms with Gasteiger partial charge in [-0.05, 0) is 64.4 Å². The minimum atomic E-state index is -0.109. The number of hydrogen-bond acceptors (Lipinski definition) is 5. The lowest BCUT2D eigenvalue weighted by atomic mass is 9.89. The summed E-state index contributed by atoms with van der Waals surface area (Å²) in [5.41, 5.74) is 1.04. The highest BCUT2D eigenvalue weighted by molar-refractivity contribution is 7.20. The first-order valence-electron chi connectivity index (χ1n) is 12.3. The maximum absolute atomic E-state index is 13.0. The van der Waals surface area contributed by atoms with Crippen molar-refractivity contribution in [1.29, 1.82) is 0 Å². The lowest BCUT2D eigenvalue weighted by Gasteiger charge is -2.40. The number of fused-ring (bicyclic) bond motifs is 1. The van der Waals surface area contributed by atoms with E-state index in [1.807, 2.05) is 0 Å². The smallest absolute Gasteiger partial charge is 0.261 e. The number of hydrogen-bond donors (Lipinski definition) is 2. The van der Waals surface area contributed by atoms with Crippen molar-refractivity contribution in [1.82, 2.24) is 20.0 Å². The second kappa shape index (κ2) is 9.20. The number of aliphatic hydroxyl groups excluding tert-OH is 1. The topological polar surface area (TPSA) is 70.4 Å². The largest absolute Gasteiger partial charge is 0.393 e. The first-order valence-corrected chi connectivity index (χ1v) is 13.1. The number of aliphatic hydroxyl groups is 1. The van der Waals surface area contributed by atoms with Gasteiger partial charge in [-0.25, -0.2) is 0 Å². The molecule has 5 rings (SSSR count). The summed E-state index contributed by atoms with van der Waals surface area (Å²) in [6.45, 7) is 4.10. The van der Waals surface area contributed by atoms with Gasteiger partial charge in [0.25, 0.3) is 5.91 Å². The Labute approximate surface area is 189 Å². The van der Waals surface area contributed by atoms with E-state index < -0.39 is 0 Å². The molecule has 2 N–H and O–H groups in total. The number of thiophene rings is 1. The zero-order valence-corrected chi connectivity index (χ0v) is 19.5. The maximum Gasteiger partial charge on any atom is 0.261 e. The number of aryl methyl sites for hydroxylation is 1. The molecule has 0 bridgehead atoms. The van der Waals surface area contributed by atoms with Gasteiger partial charge in [0, 0.05) is 30.6 Å². The van der Waals surface area contributed by atoms with E-state index in [4.69, 9.17) is 5.10 Å². The molecule has 2 aromatic rings. The molecule has 2 aliphatic carbocycles.